The van der Waals surface area contributed by atoms with Crippen LogP contribution in [0.4, 0.5) is 5.82 Å². The van der Waals surface area contributed by atoms with Crippen molar-refractivity contribution in [3.63, 3.8) is 0 Å². The van der Waals surface area contributed by atoms with Gasteiger partial charge in [0.25, 0.3) is 5.56 Å². The predicted molar refractivity (Wildman–Crippen MR) is 57.5 cm³/mol. The first-order valence-electron chi connectivity index (χ1n) is 5.20. The summed E-state index contributed by atoms with van der Waals surface area (Å²) in [4.78, 5) is 26.2. The molecule has 2 atom stereocenters. The van der Waals surface area contributed by atoms with Gasteiger partial charge < -0.3 is 10.0 Å². The van der Waals surface area contributed by atoms with Crippen LogP contribution in [0, 0.1) is 5.92 Å². The van der Waals surface area contributed by atoms with E-state index in [0.717, 1.165) is 0 Å². The van der Waals surface area contributed by atoms with E-state index in [9.17, 15) is 14.7 Å². The van der Waals surface area contributed by atoms with Gasteiger partial charge in [0.1, 0.15) is 0 Å². The van der Waals surface area contributed by atoms with Gasteiger partial charge in [-0.3, -0.25) is 9.78 Å². The lowest BCUT2D eigenvalue weighted by Gasteiger charge is -2.34. The second-order valence-electron chi connectivity index (χ2n) is 4.11. The summed E-state index contributed by atoms with van der Waals surface area (Å²) in [5.41, 5.74) is -1.11. The quantitative estimate of drug-likeness (QED) is 0.550. The lowest BCUT2D eigenvalue weighted by Crippen LogP contribution is -2.45. The number of aliphatic hydroxyl groups is 1. The zero-order valence-corrected chi connectivity index (χ0v) is 8.93. The summed E-state index contributed by atoms with van der Waals surface area (Å²) in [6.45, 7) is 3.04. The number of aromatic amines is 2. The smallest absolute Gasteiger partial charge is 0.342 e. The first-order chi connectivity index (χ1) is 7.58. The zero-order chi connectivity index (χ0) is 11.7. The average Bonchev–Trinajstić information content (AvgIpc) is 2.22. The van der Waals surface area contributed by atoms with Crippen molar-refractivity contribution in [2.24, 2.45) is 5.92 Å². The van der Waals surface area contributed by atoms with Gasteiger partial charge in [0, 0.05) is 13.1 Å². The Balaban J connectivity index is 2.25. The van der Waals surface area contributed by atoms with Gasteiger partial charge in [-0.15, -0.1) is 5.10 Å². The Morgan fingerprint density at radius 3 is 2.88 bits per heavy atom. The van der Waals surface area contributed by atoms with Crippen molar-refractivity contribution < 1.29 is 5.11 Å². The molecule has 3 N–H and O–H groups in total. The lowest BCUT2D eigenvalue weighted by molar-refractivity contribution is 0.0967. The number of hydrogen-bond donors (Lipinski definition) is 3. The summed E-state index contributed by atoms with van der Waals surface area (Å²) >= 11 is 0. The van der Waals surface area contributed by atoms with E-state index in [1.807, 2.05) is 6.92 Å². The molecule has 0 radical (unpaired) electrons. The summed E-state index contributed by atoms with van der Waals surface area (Å²) in [6, 6.07) is 0. The number of anilines is 1. The van der Waals surface area contributed by atoms with Gasteiger partial charge in [-0.05, 0) is 12.3 Å². The predicted octanol–water partition coefficient (Wildman–Crippen LogP) is -1.33. The van der Waals surface area contributed by atoms with E-state index >= 15 is 0 Å². The summed E-state index contributed by atoms with van der Waals surface area (Å²) < 4.78 is 0. The highest BCUT2D eigenvalue weighted by atomic mass is 16.3. The molecule has 0 amide bonds. The van der Waals surface area contributed by atoms with Crippen LogP contribution >= 0.6 is 0 Å². The Hall–Kier alpha value is -1.63. The van der Waals surface area contributed by atoms with Gasteiger partial charge in [-0.25, -0.2) is 9.89 Å². The van der Waals surface area contributed by atoms with Gasteiger partial charge in [0.2, 0.25) is 5.82 Å². The standard InChI is InChI=1S/C9H14N4O3/c1-5-4-13(3-2-6(5)14)7-8(15)10-9(16)12-11-7/h5-6,14H,2-4H2,1H3,(H2,10,12,15,16). The summed E-state index contributed by atoms with van der Waals surface area (Å²) in [7, 11) is 0. The number of piperidine rings is 1. The molecule has 0 spiro atoms. The third kappa shape index (κ3) is 1.99. The minimum absolute atomic E-state index is 0.0851. The minimum Gasteiger partial charge on any atom is -0.393 e. The Morgan fingerprint density at radius 2 is 2.25 bits per heavy atom. The molecule has 1 aliphatic heterocycles. The molecule has 1 aromatic rings. The molecule has 1 aliphatic rings. The fraction of sp³-hybridized carbons (Fsp3) is 0.667. The van der Waals surface area contributed by atoms with Gasteiger partial charge in [0.05, 0.1) is 6.10 Å². The van der Waals surface area contributed by atoms with E-state index in [1.54, 1.807) is 4.90 Å². The fourth-order valence-electron chi connectivity index (χ4n) is 1.88. The molecule has 16 heavy (non-hydrogen) atoms. The van der Waals surface area contributed by atoms with Crippen LogP contribution in [0.5, 0.6) is 0 Å². The Labute approximate surface area is 91.1 Å². The summed E-state index contributed by atoms with van der Waals surface area (Å²) in [5, 5.41) is 15.5. The Kier molecular flexibility index (Phi) is 2.78. The van der Waals surface area contributed by atoms with Crippen molar-refractivity contribution in [1.82, 2.24) is 15.2 Å². The van der Waals surface area contributed by atoms with E-state index in [0.29, 0.717) is 19.5 Å². The van der Waals surface area contributed by atoms with Gasteiger partial charge in [-0.1, -0.05) is 6.92 Å². The summed E-state index contributed by atoms with van der Waals surface area (Å²) in [6.07, 6.45) is 0.264. The topological polar surface area (TPSA) is 102 Å². The normalized spacial score (nSPS) is 25.8. The van der Waals surface area contributed by atoms with E-state index in [-0.39, 0.29) is 17.8 Å². The Bertz CT molecular complexity index is 480. The average molecular weight is 226 g/mol. The molecule has 1 fully saturated rings. The molecule has 1 aromatic heterocycles. The van der Waals surface area contributed by atoms with Crippen LogP contribution in [0.3, 0.4) is 0 Å². The number of aliphatic hydroxyl groups excluding tert-OH is 1. The van der Waals surface area contributed by atoms with Crippen molar-refractivity contribution in [2.45, 2.75) is 19.4 Å². The third-order valence-corrected chi connectivity index (χ3v) is 2.85. The molecule has 2 rings (SSSR count). The highest BCUT2D eigenvalue weighted by molar-refractivity contribution is 5.34. The molecule has 2 unspecified atom stereocenters. The van der Waals surface area contributed by atoms with Crippen LogP contribution in [-0.2, 0) is 0 Å². The van der Waals surface area contributed by atoms with Crippen molar-refractivity contribution in [3.8, 4) is 0 Å². The summed E-state index contributed by atoms with van der Waals surface area (Å²) in [5.74, 6) is 0.292. The van der Waals surface area contributed by atoms with Crippen LogP contribution in [0.15, 0.2) is 9.59 Å². The van der Waals surface area contributed by atoms with E-state index in [2.05, 4.69) is 15.2 Å². The van der Waals surface area contributed by atoms with Crippen LogP contribution in [0.25, 0.3) is 0 Å². The molecule has 7 heteroatoms. The Morgan fingerprint density at radius 1 is 1.50 bits per heavy atom. The van der Waals surface area contributed by atoms with Crippen LogP contribution in [0.1, 0.15) is 13.3 Å². The molecular formula is C9H14N4O3. The van der Waals surface area contributed by atoms with Crippen LogP contribution < -0.4 is 16.1 Å². The highest BCUT2D eigenvalue weighted by Gasteiger charge is 2.26. The maximum atomic E-state index is 11.5. The second-order valence-corrected chi connectivity index (χ2v) is 4.11. The molecule has 7 nitrogen and oxygen atoms in total. The molecule has 88 valence electrons. The molecule has 1 saturated heterocycles. The van der Waals surface area contributed by atoms with Crippen molar-refractivity contribution >= 4 is 5.82 Å². The zero-order valence-electron chi connectivity index (χ0n) is 8.93. The monoisotopic (exact) mass is 226 g/mol. The number of nitrogens with zero attached hydrogens (tertiary/aromatic N) is 2. The number of nitrogens with one attached hydrogen (secondary N) is 2. The first kappa shape index (κ1) is 10.9. The van der Waals surface area contributed by atoms with Crippen LogP contribution in [-0.4, -0.2) is 39.5 Å². The lowest BCUT2D eigenvalue weighted by atomic mass is 9.97. The number of rotatable bonds is 1. The molecule has 0 bridgehead atoms. The van der Waals surface area contributed by atoms with Crippen molar-refractivity contribution in [3.05, 3.63) is 20.8 Å². The van der Waals surface area contributed by atoms with Gasteiger partial charge >= 0.3 is 5.69 Å². The number of H-pyrrole nitrogens is 2. The fourth-order valence-corrected chi connectivity index (χ4v) is 1.88. The van der Waals surface area contributed by atoms with Crippen LogP contribution in [0.2, 0.25) is 0 Å². The van der Waals surface area contributed by atoms with E-state index < -0.39 is 11.2 Å². The first-order valence-corrected chi connectivity index (χ1v) is 5.20. The largest absolute Gasteiger partial charge is 0.393 e. The third-order valence-electron chi connectivity index (χ3n) is 2.85. The number of aromatic nitrogens is 3. The van der Waals surface area contributed by atoms with Gasteiger partial charge in [-0.2, -0.15) is 0 Å². The molecule has 0 aliphatic carbocycles. The molecular weight excluding hydrogens is 212 g/mol. The van der Waals surface area contributed by atoms with Crippen molar-refractivity contribution in [2.75, 3.05) is 18.0 Å². The van der Waals surface area contributed by atoms with Gasteiger partial charge in [0.15, 0.2) is 0 Å². The van der Waals surface area contributed by atoms with Crippen molar-refractivity contribution in [1.29, 1.82) is 0 Å². The highest BCUT2D eigenvalue weighted by Crippen LogP contribution is 2.18. The van der Waals surface area contributed by atoms with E-state index in [4.69, 9.17) is 0 Å². The second kappa shape index (κ2) is 4.09. The molecule has 2 heterocycles. The van der Waals surface area contributed by atoms with E-state index in [1.165, 1.54) is 0 Å². The minimum atomic E-state index is -0.612. The number of hydrogen-bond acceptors (Lipinski definition) is 5. The SMILES string of the molecule is CC1CN(c2n[nH]c(=O)[nH]c2=O)CCC1O. The maximum Gasteiger partial charge on any atom is 0.342 e. The molecule has 0 saturated carbocycles. The molecule has 0 aromatic carbocycles. The maximum absolute atomic E-state index is 11.5.